The first-order valence-electron chi connectivity index (χ1n) is 11.5. The maximum Gasteiger partial charge on any atom is 0.322 e. The Morgan fingerprint density at radius 2 is 1.48 bits per heavy atom. The van der Waals surface area contributed by atoms with Crippen molar-refractivity contribution in [1.29, 1.82) is 0 Å². The van der Waals surface area contributed by atoms with Crippen molar-refractivity contribution in [3.05, 3.63) is 59.2 Å². The van der Waals surface area contributed by atoms with E-state index in [-0.39, 0.29) is 23.6 Å². The van der Waals surface area contributed by atoms with Gasteiger partial charge in [-0.25, -0.2) is 4.79 Å². The van der Waals surface area contributed by atoms with Gasteiger partial charge in [0.1, 0.15) is 5.75 Å². The fourth-order valence-electron chi connectivity index (χ4n) is 3.59. The van der Waals surface area contributed by atoms with E-state index in [4.69, 9.17) is 4.18 Å². The summed E-state index contributed by atoms with van der Waals surface area (Å²) in [7, 11) is -3.58. The Kier molecular flexibility index (Phi) is 9.35. The number of rotatable bonds is 10. The van der Waals surface area contributed by atoms with E-state index >= 15 is 0 Å². The Bertz CT molecular complexity index is 1000. The first-order chi connectivity index (χ1) is 15.4. The van der Waals surface area contributed by atoms with Crippen molar-refractivity contribution in [1.82, 2.24) is 4.90 Å². The summed E-state index contributed by atoms with van der Waals surface area (Å²) in [6.45, 7) is 13.8. The zero-order valence-corrected chi connectivity index (χ0v) is 21.7. The van der Waals surface area contributed by atoms with Gasteiger partial charge in [0.25, 0.3) is 0 Å². The van der Waals surface area contributed by atoms with Crippen LogP contribution in [0.5, 0.6) is 5.75 Å². The molecule has 0 saturated carbocycles. The second-order valence-corrected chi connectivity index (χ2v) is 11.2. The number of urea groups is 1. The normalized spacial score (nSPS) is 11.8. The number of amides is 2. The summed E-state index contributed by atoms with van der Waals surface area (Å²) in [5, 5.41) is 3.21. The number of hydrogen-bond acceptors (Lipinski definition) is 4. The van der Waals surface area contributed by atoms with Crippen LogP contribution in [0, 0.1) is 5.92 Å². The molecule has 0 spiro atoms. The Morgan fingerprint density at radius 3 is 1.94 bits per heavy atom. The van der Waals surface area contributed by atoms with Gasteiger partial charge in [0.15, 0.2) is 0 Å². The van der Waals surface area contributed by atoms with E-state index in [1.54, 1.807) is 24.3 Å². The molecule has 2 rings (SSSR count). The second kappa shape index (κ2) is 11.5. The third kappa shape index (κ3) is 8.39. The summed E-state index contributed by atoms with van der Waals surface area (Å²) in [5.74, 6) is 1.28. The van der Waals surface area contributed by atoms with Crippen molar-refractivity contribution in [3.8, 4) is 5.75 Å². The predicted molar refractivity (Wildman–Crippen MR) is 135 cm³/mol. The van der Waals surface area contributed by atoms with Gasteiger partial charge in [-0.3, -0.25) is 0 Å². The van der Waals surface area contributed by atoms with E-state index in [1.807, 2.05) is 4.90 Å². The molecular weight excluding hydrogens is 436 g/mol. The van der Waals surface area contributed by atoms with Crippen molar-refractivity contribution in [3.63, 3.8) is 0 Å². The maximum absolute atomic E-state index is 13.4. The van der Waals surface area contributed by atoms with E-state index in [9.17, 15) is 13.2 Å². The van der Waals surface area contributed by atoms with Crippen LogP contribution >= 0.6 is 0 Å². The van der Waals surface area contributed by atoms with Crippen molar-refractivity contribution >= 4 is 21.8 Å². The molecule has 33 heavy (non-hydrogen) atoms. The summed E-state index contributed by atoms with van der Waals surface area (Å²) in [4.78, 5) is 15.3. The lowest BCUT2D eigenvalue weighted by Gasteiger charge is -2.27. The largest absolute Gasteiger partial charge is 0.383 e. The second-order valence-electron chi connectivity index (χ2n) is 9.59. The molecular formula is C26H38N2O4S. The van der Waals surface area contributed by atoms with E-state index in [0.29, 0.717) is 19.0 Å². The van der Waals surface area contributed by atoms with Crippen LogP contribution in [0.1, 0.15) is 76.5 Å². The average molecular weight is 475 g/mol. The summed E-state index contributed by atoms with van der Waals surface area (Å²) < 4.78 is 27.6. The van der Waals surface area contributed by atoms with Gasteiger partial charge in [0, 0.05) is 18.8 Å². The third-order valence-electron chi connectivity index (χ3n) is 5.41. The van der Waals surface area contributed by atoms with Crippen LogP contribution in [0.3, 0.4) is 0 Å². The van der Waals surface area contributed by atoms with Gasteiger partial charge in [-0.2, -0.15) is 8.42 Å². The first-order valence-corrected chi connectivity index (χ1v) is 13.4. The van der Waals surface area contributed by atoms with Gasteiger partial charge in [0.2, 0.25) is 0 Å². The van der Waals surface area contributed by atoms with Crippen LogP contribution in [0.4, 0.5) is 10.5 Å². The number of anilines is 1. The molecule has 182 valence electrons. The minimum absolute atomic E-state index is 0.137. The van der Waals surface area contributed by atoms with Crippen molar-refractivity contribution in [2.24, 2.45) is 5.92 Å². The number of nitrogens with zero attached hydrogens (tertiary/aromatic N) is 1. The zero-order valence-electron chi connectivity index (χ0n) is 20.9. The minimum atomic E-state index is -3.58. The van der Waals surface area contributed by atoms with Crippen molar-refractivity contribution in [2.45, 2.75) is 66.3 Å². The highest BCUT2D eigenvalue weighted by Gasteiger charge is 2.20. The molecule has 0 aliphatic heterocycles. The molecule has 6 nitrogen and oxygen atoms in total. The first kappa shape index (κ1) is 26.7. The molecule has 0 aromatic heterocycles. The molecule has 0 heterocycles. The van der Waals surface area contributed by atoms with Crippen molar-refractivity contribution in [2.75, 3.05) is 18.1 Å². The number of para-hydroxylation sites is 1. The zero-order chi connectivity index (χ0) is 24.8. The Labute approximate surface area is 199 Å². The minimum Gasteiger partial charge on any atom is -0.383 e. The van der Waals surface area contributed by atoms with Crippen LogP contribution < -0.4 is 9.50 Å². The summed E-state index contributed by atoms with van der Waals surface area (Å²) >= 11 is 0. The van der Waals surface area contributed by atoms with Crippen LogP contribution in [-0.4, -0.2) is 32.1 Å². The summed E-state index contributed by atoms with van der Waals surface area (Å²) in [6, 6.07) is 12.9. The quantitative estimate of drug-likeness (QED) is 0.407. The lowest BCUT2D eigenvalue weighted by atomic mass is 9.93. The average Bonchev–Trinajstić information content (AvgIpc) is 2.70. The predicted octanol–water partition coefficient (Wildman–Crippen LogP) is 6.35. The van der Waals surface area contributed by atoms with Crippen LogP contribution in [0.25, 0.3) is 0 Å². The highest BCUT2D eigenvalue weighted by Crippen LogP contribution is 2.32. The van der Waals surface area contributed by atoms with Crippen LogP contribution in [0.2, 0.25) is 0 Å². The SMILES string of the molecule is CC(C)CCN(Cc1ccc(OS(C)(=O)=O)cc1)C(=O)Nc1c(C(C)C)cccc1C(C)C. The van der Waals surface area contributed by atoms with Gasteiger partial charge in [-0.15, -0.1) is 0 Å². The van der Waals surface area contributed by atoms with Crippen LogP contribution in [-0.2, 0) is 16.7 Å². The summed E-state index contributed by atoms with van der Waals surface area (Å²) in [5.41, 5.74) is 4.05. The van der Waals surface area contributed by atoms with E-state index < -0.39 is 10.1 Å². The number of carbonyl (C=O) groups excluding carboxylic acids is 1. The molecule has 0 radical (unpaired) electrons. The van der Waals surface area contributed by atoms with Gasteiger partial charge < -0.3 is 14.4 Å². The lowest BCUT2D eigenvalue weighted by molar-refractivity contribution is 0.205. The van der Waals surface area contributed by atoms with E-state index in [1.165, 1.54) is 0 Å². The lowest BCUT2D eigenvalue weighted by Crippen LogP contribution is -2.36. The smallest absolute Gasteiger partial charge is 0.322 e. The number of benzene rings is 2. The molecule has 0 atom stereocenters. The molecule has 0 unspecified atom stereocenters. The van der Waals surface area contributed by atoms with Crippen LogP contribution in [0.15, 0.2) is 42.5 Å². The molecule has 1 N–H and O–H groups in total. The fraction of sp³-hybridized carbons (Fsp3) is 0.500. The van der Waals surface area contributed by atoms with E-state index in [0.717, 1.165) is 35.1 Å². The summed E-state index contributed by atoms with van der Waals surface area (Å²) in [6.07, 6.45) is 1.89. The topological polar surface area (TPSA) is 75.7 Å². The van der Waals surface area contributed by atoms with Gasteiger partial charge in [0.05, 0.1) is 6.26 Å². The molecule has 0 aliphatic carbocycles. The van der Waals surface area contributed by atoms with Crippen molar-refractivity contribution < 1.29 is 17.4 Å². The molecule has 0 saturated heterocycles. The highest BCUT2D eigenvalue weighted by molar-refractivity contribution is 7.86. The molecule has 0 fully saturated rings. The monoisotopic (exact) mass is 474 g/mol. The van der Waals surface area contributed by atoms with Gasteiger partial charge in [-0.05, 0) is 53.0 Å². The van der Waals surface area contributed by atoms with E-state index in [2.05, 4.69) is 65.1 Å². The number of carbonyl (C=O) groups is 1. The molecule has 0 bridgehead atoms. The molecule has 2 aromatic rings. The number of hydrogen-bond donors (Lipinski definition) is 1. The molecule has 0 aliphatic rings. The van der Waals surface area contributed by atoms with Gasteiger partial charge >= 0.3 is 16.1 Å². The highest BCUT2D eigenvalue weighted by atomic mass is 32.2. The number of nitrogens with one attached hydrogen (secondary N) is 1. The third-order valence-corrected chi connectivity index (χ3v) is 5.91. The Hall–Kier alpha value is -2.54. The Balaban J connectivity index is 2.28. The Morgan fingerprint density at radius 1 is 0.939 bits per heavy atom. The standard InChI is InChI=1S/C26H38N2O4S/c1-18(2)15-16-28(17-21-11-13-22(14-12-21)32-33(7,30)31)26(29)27-25-23(19(3)4)9-8-10-24(25)20(5)6/h8-14,18-20H,15-17H2,1-7H3,(H,27,29). The molecule has 2 aromatic carbocycles. The fourth-order valence-corrected chi connectivity index (χ4v) is 4.05. The maximum atomic E-state index is 13.4. The molecule has 2 amide bonds. The molecule has 7 heteroatoms. The van der Waals surface area contributed by atoms with Gasteiger partial charge in [-0.1, -0.05) is 71.9 Å².